The van der Waals surface area contributed by atoms with E-state index >= 15 is 0 Å². The summed E-state index contributed by atoms with van der Waals surface area (Å²) in [6.45, 7) is 0.790. The lowest BCUT2D eigenvalue weighted by Gasteiger charge is -2.24. The molecule has 0 aromatic carbocycles. The first kappa shape index (κ1) is 10.8. The third-order valence-electron chi connectivity index (χ3n) is 2.58. The molecule has 0 spiro atoms. The van der Waals surface area contributed by atoms with E-state index in [9.17, 15) is 4.79 Å². The van der Waals surface area contributed by atoms with Crippen molar-refractivity contribution in [3.63, 3.8) is 0 Å². The summed E-state index contributed by atoms with van der Waals surface area (Å²) in [5.41, 5.74) is 0. The highest BCUT2D eigenvalue weighted by molar-refractivity contribution is 6.17. The number of nitrogens with one attached hydrogen (secondary N) is 1. The number of carbonyl (C=O) groups excluding carboxylic acids is 1. The number of halogens is 1. The molecule has 76 valence electrons. The molecule has 0 saturated heterocycles. The second-order valence-electron chi connectivity index (χ2n) is 3.75. The fraction of sp³-hybridized carbons (Fsp3) is 0.900. The third kappa shape index (κ3) is 4.51. The Morgan fingerprint density at radius 1 is 1.38 bits per heavy atom. The number of rotatable bonds is 6. The fourth-order valence-corrected chi connectivity index (χ4v) is 1.67. The van der Waals surface area contributed by atoms with Gasteiger partial charge in [-0.25, -0.2) is 0 Å². The van der Waals surface area contributed by atoms with Crippen LogP contribution in [-0.4, -0.2) is 18.3 Å². The average Bonchev–Trinajstić information content (AvgIpc) is 2.06. The molecule has 1 aliphatic rings. The third-order valence-corrected chi connectivity index (χ3v) is 2.85. The maximum atomic E-state index is 11.3. The van der Waals surface area contributed by atoms with Gasteiger partial charge in [-0.1, -0.05) is 6.42 Å². The lowest BCUT2D eigenvalue weighted by molar-refractivity contribution is -0.122. The molecule has 0 aliphatic heterocycles. The van der Waals surface area contributed by atoms with Crippen molar-refractivity contribution in [2.45, 2.75) is 38.5 Å². The molecule has 0 aromatic heterocycles. The van der Waals surface area contributed by atoms with Crippen molar-refractivity contribution in [3.8, 4) is 0 Å². The van der Waals surface area contributed by atoms with Gasteiger partial charge in [-0.3, -0.25) is 4.79 Å². The Bertz CT molecular complexity index is 157. The van der Waals surface area contributed by atoms with E-state index in [2.05, 4.69) is 5.32 Å². The number of amides is 1. The van der Waals surface area contributed by atoms with Crippen LogP contribution in [0.15, 0.2) is 0 Å². The Balaban J connectivity index is 1.91. The van der Waals surface area contributed by atoms with Gasteiger partial charge >= 0.3 is 0 Å². The first-order chi connectivity index (χ1) is 6.33. The number of alkyl halides is 1. The van der Waals surface area contributed by atoms with Crippen molar-refractivity contribution in [2.75, 3.05) is 12.4 Å². The summed E-state index contributed by atoms with van der Waals surface area (Å²) in [4.78, 5) is 11.3. The summed E-state index contributed by atoms with van der Waals surface area (Å²) in [7, 11) is 0. The van der Waals surface area contributed by atoms with Gasteiger partial charge in [-0.2, -0.15) is 0 Å². The topological polar surface area (TPSA) is 29.1 Å². The van der Waals surface area contributed by atoms with Crippen molar-refractivity contribution in [2.24, 2.45) is 5.92 Å². The molecule has 3 heteroatoms. The van der Waals surface area contributed by atoms with Crippen molar-refractivity contribution in [1.82, 2.24) is 5.32 Å². The van der Waals surface area contributed by atoms with Gasteiger partial charge in [0.2, 0.25) is 5.91 Å². The Morgan fingerprint density at radius 2 is 2.15 bits per heavy atom. The van der Waals surface area contributed by atoms with Crippen molar-refractivity contribution < 1.29 is 4.79 Å². The highest BCUT2D eigenvalue weighted by Gasteiger charge is 2.19. The van der Waals surface area contributed by atoms with Crippen molar-refractivity contribution in [3.05, 3.63) is 0 Å². The molecule has 2 nitrogen and oxygen atoms in total. The standard InChI is InChI=1S/C10H18ClNO/c11-6-1-2-7-12-10(13)8-9-4-3-5-9/h9H,1-8H2,(H,12,13). The number of hydrogen-bond donors (Lipinski definition) is 1. The van der Waals surface area contributed by atoms with Crippen LogP contribution >= 0.6 is 11.6 Å². The van der Waals surface area contributed by atoms with Crippen LogP contribution in [0.25, 0.3) is 0 Å². The minimum atomic E-state index is 0.222. The van der Waals surface area contributed by atoms with Crippen LogP contribution < -0.4 is 5.32 Å². The molecule has 0 aromatic rings. The van der Waals surface area contributed by atoms with Crippen LogP contribution in [0.3, 0.4) is 0 Å². The smallest absolute Gasteiger partial charge is 0.220 e. The fourth-order valence-electron chi connectivity index (χ4n) is 1.48. The van der Waals surface area contributed by atoms with Crippen molar-refractivity contribution in [1.29, 1.82) is 0 Å². The molecule has 0 bridgehead atoms. The van der Waals surface area contributed by atoms with E-state index < -0.39 is 0 Å². The first-order valence-corrected chi connectivity index (χ1v) is 5.69. The SMILES string of the molecule is O=C(CC1CCC1)NCCCCCl. The molecule has 0 heterocycles. The quantitative estimate of drug-likeness (QED) is 0.521. The highest BCUT2D eigenvalue weighted by Crippen LogP contribution is 2.28. The molecule has 1 fully saturated rings. The second-order valence-corrected chi connectivity index (χ2v) is 4.13. The maximum Gasteiger partial charge on any atom is 0.220 e. The van der Waals surface area contributed by atoms with E-state index in [4.69, 9.17) is 11.6 Å². The van der Waals surface area contributed by atoms with Crippen LogP contribution in [0.2, 0.25) is 0 Å². The summed E-state index contributed by atoms with van der Waals surface area (Å²) in [6.07, 6.45) is 6.53. The second kappa shape index (κ2) is 6.25. The number of unbranched alkanes of at least 4 members (excludes halogenated alkanes) is 1. The Kier molecular flexibility index (Phi) is 5.21. The molecule has 0 unspecified atom stereocenters. The summed E-state index contributed by atoms with van der Waals surface area (Å²) >= 11 is 5.52. The van der Waals surface area contributed by atoms with Crippen LogP contribution in [0.1, 0.15) is 38.5 Å². The predicted molar refractivity (Wildman–Crippen MR) is 54.9 cm³/mol. The van der Waals surface area contributed by atoms with E-state index in [1.165, 1.54) is 19.3 Å². The number of carbonyl (C=O) groups is 1. The Labute approximate surface area is 85.0 Å². The van der Waals surface area contributed by atoms with Gasteiger partial charge in [-0.15, -0.1) is 11.6 Å². The van der Waals surface area contributed by atoms with Gasteiger partial charge in [0.25, 0.3) is 0 Å². The molecule has 1 rings (SSSR count). The molecular formula is C10H18ClNO. The molecule has 1 amide bonds. The Hall–Kier alpha value is -0.240. The zero-order valence-electron chi connectivity index (χ0n) is 8.02. The molecule has 0 atom stereocenters. The maximum absolute atomic E-state index is 11.3. The lowest BCUT2D eigenvalue weighted by atomic mass is 9.83. The van der Waals surface area contributed by atoms with Crippen molar-refractivity contribution >= 4 is 17.5 Å². The molecule has 13 heavy (non-hydrogen) atoms. The minimum absolute atomic E-state index is 0.222. The van der Waals surface area contributed by atoms with E-state index in [-0.39, 0.29) is 5.91 Å². The molecule has 1 aliphatic carbocycles. The minimum Gasteiger partial charge on any atom is -0.356 e. The van der Waals surface area contributed by atoms with Gasteiger partial charge in [0.1, 0.15) is 0 Å². The van der Waals surface area contributed by atoms with Crippen LogP contribution in [0.4, 0.5) is 0 Å². The predicted octanol–water partition coefficient (Wildman–Crippen LogP) is 2.31. The molecule has 1 N–H and O–H groups in total. The van der Waals surface area contributed by atoms with Gasteiger partial charge in [0, 0.05) is 18.8 Å². The van der Waals surface area contributed by atoms with Gasteiger partial charge < -0.3 is 5.32 Å². The molecular weight excluding hydrogens is 186 g/mol. The zero-order valence-corrected chi connectivity index (χ0v) is 8.78. The Morgan fingerprint density at radius 3 is 2.69 bits per heavy atom. The van der Waals surface area contributed by atoms with Crippen LogP contribution in [-0.2, 0) is 4.79 Å². The first-order valence-electron chi connectivity index (χ1n) is 5.15. The average molecular weight is 204 g/mol. The van der Waals surface area contributed by atoms with E-state index in [1.807, 2.05) is 0 Å². The zero-order chi connectivity index (χ0) is 9.52. The van der Waals surface area contributed by atoms with Gasteiger partial charge in [0.15, 0.2) is 0 Å². The van der Waals surface area contributed by atoms with Crippen LogP contribution in [0, 0.1) is 5.92 Å². The van der Waals surface area contributed by atoms with E-state index in [1.54, 1.807) is 0 Å². The summed E-state index contributed by atoms with van der Waals surface area (Å²) < 4.78 is 0. The monoisotopic (exact) mass is 203 g/mol. The number of hydrogen-bond acceptors (Lipinski definition) is 1. The molecule has 0 radical (unpaired) electrons. The van der Waals surface area contributed by atoms with Gasteiger partial charge in [-0.05, 0) is 31.6 Å². The summed E-state index contributed by atoms with van der Waals surface area (Å²) in [5.74, 6) is 1.59. The lowest BCUT2D eigenvalue weighted by Crippen LogP contribution is -2.28. The van der Waals surface area contributed by atoms with E-state index in [0.717, 1.165) is 25.8 Å². The summed E-state index contributed by atoms with van der Waals surface area (Å²) in [6, 6.07) is 0. The highest BCUT2D eigenvalue weighted by atomic mass is 35.5. The van der Waals surface area contributed by atoms with Gasteiger partial charge in [0.05, 0.1) is 0 Å². The van der Waals surface area contributed by atoms with E-state index in [0.29, 0.717) is 11.8 Å². The largest absolute Gasteiger partial charge is 0.356 e. The normalized spacial score (nSPS) is 16.7. The van der Waals surface area contributed by atoms with Crippen LogP contribution in [0.5, 0.6) is 0 Å². The molecule has 1 saturated carbocycles. The summed E-state index contributed by atoms with van der Waals surface area (Å²) in [5, 5.41) is 2.92.